The van der Waals surface area contributed by atoms with Gasteiger partial charge in [0.15, 0.2) is 11.5 Å². The van der Waals surface area contributed by atoms with Crippen LogP contribution < -0.4 is 0 Å². The number of hydrogen-bond acceptors (Lipinski definition) is 10. The predicted molar refractivity (Wildman–Crippen MR) is 149 cm³/mol. The molecule has 40 heavy (non-hydrogen) atoms. The monoisotopic (exact) mass is 602 g/mol. The summed E-state index contributed by atoms with van der Waals surface area (Å²) in [7, 11) is 0. The number of aromatic nitrogens is 4. The Morgan fingerprint density at radius 2 is 2.00 bits per heavy atom. The third kappa shape index (κ3) is 6.35. The molecule has 4 aromatic rings. The molecule has 0 atom stereocenters. The normalized spacial score (nSPS) is 14.4. The molecule has 1 aliphatic heterocycles. The molecule has 1 aromatic carbocycles. The van der Waals surface area contributed by atoms with Crippen molar-refractivity contribution in [1.29, 1.82) is 0 Å². The van der Waals surface area contributed by atoms with Gasteiger partial charge in [-0.3, -0.25) is 9.89 Å². The molecule has 0 saturated carbocycles. The van der Waals surface area contributed by atoms with Gasteiger partial charge in [0.25, 0.3) is 5.91 Å². The van der Waals surface area contributed by atoms with E-state index < -0.39 is 12.6 Å². The van der Waals surface area contributed by atoms with Gasteiger partial charge in [-0.2, -0.15) is 5.10 Å². The second kappa shape index (κ2) is 12.6. The highest BCUT2D eigenvalue weighted by atomic mass is 35.5. The second-order valence-electron chi connectivity index (χ2n) is 8.83. The maximum atomic E-state index is 13.3. The Bertz CT molecular complexity index is 1510. The van der Waals surface area contributed by atoms with Gasteiger partial charge >= 0.3 is 5.97 Å². The van der Waals surface area contributed by atoms with E-state index in [4.69, 9.17) is 42.3 Å². The molecular weight excluding hydrogens is 579 g/mol. The summed E-state index contributed by atoms with van der Waals surface area (Å²) in [6.07, 6.45) is 2.96. The van der Waals surface area contributed by atoms with Gasteiger partial charge in [0.05, 0.1) is 27.4 Å². The molecule has 1 N–H and O–H groups in total. The fourth-order valence-electron chi connectivity index (χ4n) is 4.20. The topological polar surface area (TPSA) is 136 Å². The van der Waals surface area contributed by atoms with Crippen LogP contribution in [0.1, 0.15) is 36.4 Å². The molecule has 1 fully saturated rings. The van der Waals surface area contributed by atoms with Gasteiger partial charge in [0.2, 0.25) is 6.61 Å². The third-order valence-corrected chi connectivity index (χ3v) is 7.98. The number of nitrogens with one attached hydrogen (secondary N) is 1. The Morgan fingerprint density at radius 1 is 1.18 bits per heavy atom. The first-order valence-electron chi connectivity index (χ1n) is 12.5. The largest absolute Gasteiger partial charge is 0.463 e. The van der Waals surface area contributed by atoms with E-state index in [0.717, 1.165) is 23.4 Å². The van der Waals surface area contributed by atoms with Crippen LogP contribution in [0.5, 0.6) is 0 Å². The minimum Gasteiger partial charge on any atom is -0.463 e. The number of H-pyrrole nitrogens is 1. The van der Waals surface area contributed by atoms with E-state index in [9.17, 15) is 9.59 Å². The first-order chi connectivity index (χ1) is 19.4. The first kappa shape index (κ1) is 27.8. The third-order valence-electron chi connectivity index (χ3n) is 6.23. The summed E-state index contributed by atoms with van der Waals surface area (Å²) in [6.45, 7) is 2.54. The number of amides is 1. The Labute approximate surface area is 243 Å². The molecule has 208 valence electrons. The summed E-state index contributed by atoms with van der Waals surface area (Å²) in [5.74, 6) is -0.141. The molecule has 1 saturated heterocycles. The molecule has 1 aliphatic rings. The van der Waals surface area contributed by atoms with Crippen molar-refractivity contribution >= 4 is 52.1 Å². The lowest BCUT2D eigenvalue weighted by atomic mass is 9.97. The highest BCUT2D eigenvalue weighted by Gasteiger charge is 2.30. The smallest absolute Gasteiger partial charge is 0.347 e. The Kier molecular flexibility index (Phi) is 8.78. The standard InChI is InChI=1S/C26H24Cl2N6O5S/c1-2-37-23(35)13-38-33-24(19-5-8-29-31-19)26(36)34-9-6-15(7-10-34)25-30-21(14-40-25)22-12-20(32-39-22)16-3-4-17(27)18(28)11-16/h3-5,8,11-12,14-15H,2,6-7,9-10,13H2,1H3,(H,29,31). The van der Waals surface area contributed by atoms with E-state index in [1.54, 1.807) is 41.4 Å². The Morgan fingerprint density at radius 3 is 2.73 bits per heavy atom. The zero-order valence-corrected chi connectivity index (χ0v) is 23.6. The highest BCUT2D eigenvalue weighted by molar-refractivity contribution is 7.10. The minimum absolute atomic E-state index is 0.0416. The lowest BCUT2D eigenvalue weighted by molar-refractivity contribution is -0.148. The van der Waals surface area contributed by atoms with Crippen LogP contribution in [0.3, 0.4) is 0 Å². The quantitative estimate of drug-likeness (QED) is 0.157. The van der Waals surface area contributed by atoms with Gasteiger partial charge in [-0.1, -0.05) is 39.6 Å². The molecule has 0 radical (unpaired) electrons. The van der Waals surface area contributed by atoms with Gasteiger partial charge in [0, 0.05) is 42.2 Å². The molecule has 0 spiro atoms. The van der Waals surface area contributed by atoms with Crippen molar-refractivity contribution < 1.29 is 23.7 Å². The lowest BCUT2D eigenvalue weighted by Crippen LogP contribution is -2.42. The first-order valence-corrected chi connectivity index (χ1v) is 14.1. The number of hydrogen-bond donors (Lipinski definition) is 1. The van der Waals surface area contributed by atoms with Crippen molar-refractivity contribution in [3.8, 4) is 22.7 Å². The molecule has 11 nitrogen and oxygen atoms in total. The molecule has 0 aliphatic carbocycles. The van der Waals surface area contributed by atoms with Crippen LogP contribution >= 0.6 is 34.5 Å². The van der Waals surface area contributed by atoms with Gasteiger partial charge in [0.1, 0.15) is 11.4 Å². The molecule has 1 amide bonds. The predicted octanol–water partition coefficient (Wildman–Crippen LogP) is 5.19. The molecular formula is C26H24Cl2N6O5S. The number of piperidine rings is 1. The van der Waals surface area contributed by atoms with Crippen LogP contribution in [0.4, 0.5) is 0 Å². The van der Waals surface area contributed by atoms with Crippen LogP contribution in [-0.2, 0) is 19.2 Å². The number of thiazole rings is 1. The Balaban J connectivity index is 1.21. The number of likely N-dealkylation sites (tertiary alicyclic amines) is 1. The maximum Gasteiger partial charge on any atom is 0.347 e. The van der Waals surface area contributed by atoms with E-state index in [0.29, 0.717) is 46.0 Å². The molecule has 0 unspecified atom stereocenters. The van der Waals surface area contributed by atoms with Gasteiger partial charge in [-0.15, -0.1) is 11.3 Å². The Hall–Kier alpha value is -3.74. The maximum absolute atomic E-state index is 13.3. The number of nitrogens with zero attached hydrogens (tertiary/aromatic N) is 5. The van der Waals surface area contributed by atoms with Crippen LogP contribution in [0.2, 0.25) is 10.0 Å². The molecule has 4 heterocycles. The number of halogens is 2. The van der Waals surface area contributed by atoms with Crippen LogP contribution in [0, 0.1) is 0 Å². The average molecular weight is 603 g/mol. The van der Waals surface area contributed by atoms with Crippen LogP contribution in [0.15, 0.2) is 51.6 Å². The number of carbonyl (C=O) groups excluding carboxylic acids is 2. The second-order valence-corrected chi connectivity index (χ2v) is 10.5. The minimum atomic E-state index is -0.567. The average Bonchev–Trinajstić information content (AvgIpc) is 3.75. The van der Waals surface area contributed by atoms with Crippen molar-refractivity contribution in [2.45, 2.75) is 25.7 Å². The molecule has 14 heteroatoms. The van der Waals surface area contributed by atoms with Crippen molar-refractivity contribution in [3.63, 3.8) is 0 Å². The highest BCUT2D eigenvalue weighted by Crippen LogP contribution is 2.35. The van der Waals surface area contributed by atoms with Crippen LogP contribution in [-0.4, -0.2) is 69.1 Å². The van der Waals surface area contributed by atoms with Gasteiger partial charge in [-0.25, -0.2) is 9.78 Å². The van der Waals surface area contributed by atoms with Gasteiger partial charge < -0.3 is 19.0 Å². The van der Waals surface area contributed by atoms with Crippen molar-refractivity contribution in [2.24, 2.45) is 5.16 Å². The van der Waals surface area contributed by atoms with Crippen molar-refractivity contribution in [2.75, 3.05) is 26.3 Å². The number of esters is 1. The SMILES string of the molecule is CCOC(=O)CON=C(C(=O)N1CCC(c2nc(-c3cc(-c4ccc(Cl)c(Cl)c4)no3)cs2)CC1)c1ccn[nH]1. The summed E-state index contributed by atoms with van der Waals surface area (Å²) in [5.41, 5.74) is 2.56. The summed E-state index contributed by atoms with van der Waals surface area (Å²) in [5, 5.41) is 18.5. The molecule has 0 bridgehead atoms. The fourth-order valence-corrected chi connectivity index (χ4v) is 5.48. The number of ether oxygens (including phenoxy) is 1. The van der Waals surface area contributed by atoms with E-state index in [2.05, 4.69) is 20.5 Å². The van der Waals surface area contributed by atoms with E-state index in [1.807, 2.05) is 17.5 Å². The van der Waals surface area contributed by atoms with E-state index in [1.165, 1.54) is 6.20 Å². The summed E-state index contributed by atoms with van der Waals surface area (Å²) >= 11 is 13.7. The molecule has 5 rings (SSSR count). The number of benzene rings is 1. The summed E-state index contributed by atoms with van der Waals surface area (Å²) in [6, 6.07) is 8.71. The van der Waals surface area contributed by atoms with Crippen molar-refractivity contribution in [1.82, 2.24) is 25.2 Å². The summed E-state index contributed by atoms with van der Waals surface area (Å²) < 4.78 is 10.4. The zero-order valence-electron chi connectivity index (χ0n) is 21.3. The lowest BCUT2D eigenvalue weighted by Gasteiger charge is -2.31. The molecule has 3 aromatic heterocycles. The van der Waals surface area contributed by atoms with E-state index >= 15 is 0 Å². The fraction of sp³-hybridized carbons (Fsp3) is 0.308. The number of carbonyl (C=O) groups is 2. The van der Waals surface area contributed by atoms with E-state index in [-0.39, 0.29) is 24.1 Å². The number of aromatic amines is 1. The van der Waals surface area contributed by atoms with Gasteiger partial charge in [-0.05, 0) is 38.0 Å². The summed E-state index contributed by atoms with van der Waals surface area (Å²) in [4.78, 5) is 36.5. The zero-order chi connectivity index (χ0) is 28.1. The number of rotatable bonds is 9. The van der Waals surface area contributed by atoms with Crippen LogP contribution in [0.25, 0.3) is 22.7 Å². The van der Waals surface area contributed by atoms with Crippen molar-refractivity contribution in [3.05, 3.63) is 62.7 Å². The number of oxime groups is 1.